The molecule has 0 spiro atoms. The van der Waals surface area contributed by atoms with Crippen molar-refractivity contribution in [3.63, 3.8) is 0 Å². The average Bonchev–Trinajstić information content (AvgIpc) is 2.34. The Bertz CT molecular complexity index is 667. The predicted molar refractivity (Wildman–Crippen MR) is 74.0 cm³/mol. The van der Waals surface area contributed by atoms with Crippen molar-refractivity contribution < 1.29 is 4.39 Å². The average molecular weight is 281 g/mol. The number of aryl methyl sites for hydroxylation is 1. The molecule has 0 saturated heterocycles. The van der Waals surface area contributed by atoms with Crippen molar-refractivity contribution in [2.24, 2.45) is 0 Å². The van der Waals surface area contributed by atoms with E-state index in [1.54, 1.807) is 13.0 Å². The van der Waals surface area contributed by atoms with Crippen LogP contribution in [0.3, 0.4) is 0 Å². The van der Waals surface area contributed by atoms with Crippen LogP contribution in [0.2, 0.25) is 5.02 Å². The molecule has 3 nitrogen and oxygen atoms in total. The summed E-state index contributed by atoms with van der Waals surface area (Å²) in [7, 11) is 0. The molecule has 1 heterocycles. The molecular formula is C14H14ClFN2O. The largest absolute Gasteiger partial charge is 0.310 e. The smallest absolute Gasteiger partial charge is 0.254 e. The van der Waals surface area contributed by atoms with Crippen LogP contribution in [0.15, 0.2) is 23.0 Å². The Balaban J connectivity index is 2.63. The van der Waals surface area contributed by atoms with Crippen LogP contribution in [0.25, 0.3) is 11.3 Å². The lowest BCUT2D eigenvalue weighted by Gasteiger charge is -2.09. The predicted octanol–water partition coefficient (Wildman–Crippen LogP) is 3.49. The highest BCUT2D eigenvalue weighted by atomic mass is 35.5. The number of benzene rings is 1. The molecule has 5 heteroatoms. The number of halogens is 2. The number of nitrogens with zero attached hydrogens (tertiary/aromatic N) is 1. The second-order valence-corrected chi connectivity index (χ2v) is 4.77. The molecular weight excluding hydrogens is 267 g/mol. The summed E-state index contributed by atoms with van der Waals surface area (Å²) >= 11 is 6.03. The van der Waals surface area contributed by atoms with E-state index in [9.17, 15) is 9.18 Å². The first-order chi connectivity index (χ1) is 9.02. The molecule has 0 saturated carbocycles. The van der Waals surface area contributed by atoms with Gasteiger partial charge in [-0.3, -0.25) is 4.79 Å². The second kappa shape index (κ2) is 5.53. The van der Waals surface area contributed by atoms with Crippen molar-refractivity contribution in [3.8, 4) is 11.3 Å². The molecule has 0 aliphatic heterocycles. The standard InChI is InChI=1S/C14H14ClFN2O/c1-3-4-12-17-13(8(2)14(19)18-12)10-6-5-9(16)7-11(10)15/h5-7H,3-4H2,1-2H3,(H,17,18,19). The molecule has 0 bridgehead atoms. The van der Waals surface area contributed by atoms with Crippen LogP contribution >= 0.6 is 11.6 Å². The summed E-state index contributed by atoms with van der Waals surface area (Å²) in [6.45, 7) is 3.68. The van der Waals surface area contributed by atoms with Crippen LogP contribution in [0.4, 0.5) is 4.39 Å². The highest BCUT2D eigenvalue weighted by molar-refractivity contribution is 6.33. The van der Waals surface area contributed by atoms with Gasteiger partial charge in [-0.2, -0.15) is 0 Å². The zero-order valence-corrected chi connectivity index (χ0v) is 11.5. The summed E-state index contributed by atoms with van der Waals surface area (Å²) in [6.07, 6.45) is 1.56. The van der Waals surface area contributed by atoms with Gasteiger partial charge in [-0.15, -0.1) is 0 Å². The van der Waals surface area contributed by atoms with Crippen LogP contribution in [0, 0.1) is 12.7 Å². The van der Waals surface area contributed by atoms with Gasteiger partial charge in [0.15, 0.2) is 0 Å². The van der Waals surface area contributed by atoms with Crippen LogP contribution in [0.5, 0.6) is 0 Å². The molecule has 1 aromatic heterocycles. The van der Waals surface area contributed by atoms with Crippen LogP contribution in [-0.2, 0) is 6.42 Å². The number of hydrogen-bond acceptors (Lipinski definition) is 2. The minimum absolute atomic E-state index is 0.186. The van der Waals surface area contributed by atoms with E-state index >= 15 is 0 Å². The van der Waals surface area contributed by atoms with E-state index in [0.29, 0.717) is 29.1 Å². The lowest BCUT2D eigenvalue weighted by molar-refractivity contribution is 0.628. The summed E-state index contributed by atoms with van der Waals surface area (Å²) in [5, 5.41) is 0.253. The third-order valence-electron chi connectivity index (χ3n) is 2.87. The number of hydrogen-bond donors (Lipinski definition) is 1. The Morgan fingerprint density at radius 2 is 2.16 bits per heavy atom. The highest BCUT2D eigenvalue weighted by Crippen LogP contribution is 2.28. The molecule has 1 N–H and O–H groups in total. The van der Waals surface area contributed by atoms with E-state index in [-0.39, 0.29) is 10.6 Å². The van der Waals surface area contributed by atoms with Gasteiger partial charge in [0.2, 0.25) is 0 Å². The Morgan fingerprint density at radius 3 is 2.79 bits per heavy atom. The highest BCUT2D eigenvalue weighted by Gasteiger charge is 2.13. The van der Waals surface area contributed by atoms with Gasteiger partial charge in [0.25, 0.3) is 5.56 Å². The molecule has 0 aliphatic rings. The summed E-state index contributed by atoms with van der Waals surface area (Å²) in [5.74, 6) is 0.207. The molecule has 0 radical (unpaired) electrons. The van der Waals surface area contributed by atoms with Gasteiger partial charge in [-0.25, -0.2) is 9.37 Å². The molecule has 0 aliphatic carbocycles. The van der Waals surface area contributed by atoms with Gasteiger partial charge >= 0.3 is 0 Å². The Kier molecular flexibility index (Phi) is 4.00. The minimum Gasteiger partial charge on any atom is -0.310 e. The van der Waals surface area contributed by atoms with Crippen molar-refractivity contribution in [1.82, 2.24) is 9.97 Å². The number of rotatable bonds is 3. The van der Waals surface area contributed by atoms with Crippen molar-refractivity contribution in [3.05, 3.63) is 50.8 Å². The topological polar surface area (TPSA) is 45.8 Å². The van der Waals surface area contributed by atoms with Gasteiger partial charge in [-0.05, 0) is 31.5 Å². The van der Waals surface area contributed by atoms with E-state index in [2.05, 4.69) is 9.97 Å². The maximum absolute atomic E-state index is 13.1. The third kappa shape index (κ3) is 2.84. The fourth-order valence-electron chi connectivity index (χ4n) is 1.88. The van der Waals surface area contributed by atoms with Gasteiger partial charge in [0.1, 0.15) is 11.6 Å². The number of aromatic nitrogens is 2. The maximum Gasteiger partial charge on any atom is 0.254 e. The normalized spacial score (nSPS) is 10.7. The quantitative estimate of drug-likeness (QED) is 0.935. The van der Waals surface area contributed by atoms with Crippen LogP contribution < -0.4 is 5.56 Å². The SMILES string of the molecule is CCCc1nc(-c2ccc(F)cc2Cl)c(C)c(=O)[nH]1. The van der Waals surface area contributed by atoms with Crippen molar-refractivity contribution in [1.29, 1.82) is 0 Å². The summed E-state index contributed by atoms with van der Waals surface area (Å²) in [5.41, 5.74) is 1.38. The molecule has 100 valence electrons. The molecule has 0 unspecified atom stereocenters. The minimum atomic E-state index is -0.412. The fraction of sp³-hybridized carbons (Fsp3) is 0.286. The van der Waals surface area contributed by atoms with Gasteiger partial charge in [0.05, 0.1) is 10.7 Å². The first-order valence-electron chi connectivity index (χ1n) is 6.08. The molecule has 1 aromatic carbocycles. The molecule has 19 heavy (non-hydrogen) atoms. The maximum atomic E-state index is 13.1. The summed E-state index contributed by atoms with van der Waals surface area (Å²) < 4.78 is 13.1. The lowest BCUT2D eigenvalue weighted by atomic mass is 10.1. The van der Waals surface area contributed by atoms with E-state index in [0.717, 1.165) is 6.42 Å². The number of H-pyrrole nitrogens is 1. The van der Waals surface area contributed by atoms with Gasteiger partial charge < -0.3 is 4.98 Å². The van der Waals surface area contributed by atoms with E-state index < -0.39 is 5.82 Å². The Labute approximate surface area is 115 Å². The molecule has 0 amide bonds. The molecule has 0 fully saturated rings. The van der Waals surface area contributed by atoms with Crippen molar-refractivity contribution >= 4 is 11.6 Å². The second-order valence-electron chi connectivity index (χ2n) is 4.36. The summed E-state index contributed by atoms with van der Waals surface area (Å²) in [6, 6.07) is 4.07. The van der Waals surface area contributed by atoms with Gasteiger partial charge in [0, 0.05) is 17.5 Å². The van der Waals surface area contributed by atoms with E-state index in [4.69, 9.17) is 11.6 Å². The molecule has 2 rings (SSSR count). The van der Waals surface area contributed by atoms with Crippen molar-refractivity contribution in [2.45, 2.75) is 26.7 Å². The lowest BCUT2D eigenvalue weighted by Crippen LogP contribution is -2.16. The Morgan fingerprint density at radius 1 is 1.42 bits per heavy atom. The monoisotopic (exact) mass is 280 g/mol. The first kappa shape index (κ1) is 13.7. The van der Waals surface area contributed by atoms with E-state index in [1.807, 2.05) is 6.92 Å². The molecule has 0 atom stereocenters. The summed E-state index contributed by atoms with van der Waals surface area (Å²) in [4.78, 5) is 19.0. The fourth-order valence-corrected chi connectivity index (χ4v) is 2.13. The van der Waals surface area contributed by atoms with Crippen LogP contribution in [-0.4, -0.2) is 9.97 Å². The first-order valence-corrected chi connectivity index (χ1v) is 6.46. The van der Waals surface area contributed by atoms with Gasteiger partial charge in [-0.1, -0.05) is 18.5 Å². The third-order valence-corrected chi connectivity index (χ3v) is 3.19. The Hall–Kier alpha value is -1.68. The number of nitrogens with one attached hydrogen (secondary N) is 1. The van der Waals surface area contributed by atoms with Crippen LogP contribution in [0.1, 0.15) is 24.7 Å². The van der Waals surface area contributed by atoms with Crippen molar-refractivity contribution in [2.75, 3.05) is 0 Å². The zero-order chi connectivity index (χ0) is 14.0. The molecule has 2 aromatic rings. The van der Waals surface area contributed by atoms with E-state index in [1.165, 1.54) is 12.1 Å². The number of aromatic amines is 1. The zero-order valence-electron chi connectivity index (χ0n) is 10.8.